The number of carboxylic acids is 1. The quantitative estimate of drug-likeness (QED) is 0.667. The first kappa shape index (κ1) is 24.5. The predicted octanol–water partition coefficient (Wildman–Crippen LogP) is 3.69. The second kappa shape index (κ2) is 10.6. The molecule has 180 valence electrons. The second-order valence-electron chi connectivity index (χ2n) is 7.83. The molecule has 33 heavy (non-hydrogen) atoms. The van der Waals surface area contributed by atoms with E-state index in [9.17, 15) is 22.4 Å². The molecule has 12 heteroatoms. The fraction of sp³-hybridized carbons (Fsp3) is 0.476. The summed E-state index contributed by atoms with van der Waals surface area (Å²) in [4.78, 5) is 30.4. The normalized spacial score (nSPS) is 16.4. The summed E-state index contributed by atoms with van der Waals surface area (Å²) >= 11 is 0. The van der Waals surface area contributed by atoms with Crippen LogP contribution in [0.25, 0.3) is 0 Å². The van der Waals surface area contributed by atoms with E-state index in [-0.39, 0.29) is 11.8 Å². The average Bonchev–Trinajstić information content (AvgIpc) is 3.32. The van der Waals surface area contributed by atoms with Gasteiger partial charge in [0.25, 0.3) is 0 Å². The average molecular weight is 471 g/mol. The first-order chi connectivity index (χ1) is 15.6. The Morgan fingerprint density at radius 1 is 1.09 bits per heavy atom. The molecule has 1 saturated heterocycles. The van der Waals surface area contributed by atoms with E-state index in [0.717, 1.165) is 44.0 Å². The maximum Gasteiger partial charge on any atom is 0.490 e. The molecule has 0 saturated carbocycles. The number of carbonyl (C=O) groups is 2. The number of hydrogen-bond acceptors (Lipinski definition) is 4. The zero-order valence-electron chi connectivity index (χ0n) is 17.8. The van der Waals surface area contributed by atoms with E-state index in [2.05, 4.69) is 19.8 Å². The zero-order chi connectivity index (χ0) is 24.0. The molecule has 2 N–H and O–H groups in total. The summed E-state index contributed by atoms with van der Waals surface area (Å²) in [7, 11) is 0. The smallest absolute Gasteiger partial charge is 0.475 e. The van der Waals surface area contributed by atoms with Crippen molar-refractivity contribution in [3.63, 3.8) is 0 Å². The maximum atomic E-state index is 13.3. The molecule has 8 nitrogen and oxygen atoms in total. The summed E-state index contributed by atoms with van der Waals surface area (Å²) in [5.74, 6) is -3.11. The molecule has 2 aliphatic rings. The lowest BCUT2D eigenvalue weighted by atomic mass is 10.2. The van der Waals surface area contributed by atoms with Crippen LogP contribution in [-0.4, -0.2) is 62.3 Å². The van der Waals surface area contributed by atoms with Crippen LogP contribution >= 0.6 is 0 Å². The third kappa shape index (κ3) is 6.91. The van der Waals surface area contributed by atoms with Crippen molar-refractivity contribution in [2.75, 3.05) is 25.0 Å². The van der Waals surface area contributed by atoms with Crippen molar-refractivity contribution in [1.29, 1.82) is 0 Å². The lowest BCUT2D eigenvalue weighted by Gasteiger charge is -2.22. The molecular formula is C21H25F4N5O3. The van der Waals surface area contributed by atoms with Gasteiger partial charge in [0.1, 0.15) is 5.82 Å². The van der Waals surface area contributed by atoms with E-state index in [0.29, 0.717) is 18.8 Å². The minimum Gasteiger partial charge on any atom is -0.475 e. The largest absolute Gasteiger partial charge is 0.490 e. The highest BCUT2D eigenvalue weighted by molar-refractivity contribution is 5.89. The van der Waals surface area contributed by atoms with Gasteiger partial charge in [-0.05, 0) is 50.6 Å². The summed E-state index contributed by atoms with van der Waals surface area (Å²) in [6.45, 7) is 5.16. The molecule has 2 amide bonds. The number of rotatable bonds is 3. The van der Waals surface area contributed by atoms with Crippen LogP contribution in [0.3, 0.4) is 0 Å². The lowest BCUT2D eigenvalue weighted by Crippen LogP contribution is -2.35. The standard InChI is InChI=1S/C19H24FN5O.C2HF3O2/c20-15-5-3-6-16(11-15)22-19(26)24-9-4-10-25-14-21-17(18(25)13-24)12-23-7-1-2-8-23;3-2(4,5)1(6)7/h3,5-6,11,14H,1-2,4,7-10,12-13H2,(H,22,26);(H,6,7). The molecule has 0 spiro atoms. The van der Waals surface area contributed by atoms with Crippen LogP contribution in [0.5, 0.6) is 0 Å². The fourth-order valence-corrected chi connectivity index (χ4v) is 3.74. The molecular weight excluding hydrogens is 446 g/mol. The van der Waals surface area contributed by atoms with Gasteiger partial charge in [-0.25, -0.2) is 19.0 Å². The lowest BCUT2D eigenvalue weighted by molar-refractivity contribution is -0.192. The number of hydrogen-bond donors (Lipinski definition) is 2. The van der Waals surface area contributed by atoms with Crippen molar-refractivity contribution in [1.82, 2.24) is 19.4 Å². The SMILES string of the molecule is O=C(Nc1cccc(F)c1)N1CCCn2cnc(CN3CCCC3)c2C1.O=C(O)C(F)(F)F. The van der Waals surface area contributed by atoms with E-state index in [1.165, 1.54) is 25.0 Å². The predicted molar refractivity (Wildman–Crippen MR) is 111 cm³/mol. The van der Waals surface area contributed by atoms with Gasteiger partial charge in [0.2, 0.25) is 0 Å². The summed E-state index contributed by atoms with van der Waals surface area (Å²) < 4.78 is 47.2. The van der Waals surface area contributed by atoms with Crippen LogP contribution in [0.4, 0.5) is 28.0 Å². The van der Waals surface area contributed by atoms with Crippen molar-refractivity contribution >= 4 is 17.7 Å². The van der Waals surface area contributed by atoms with Gasteiger partial charge < -0.3 is 19.9 Å². The van der Waals surface area contributed by atoms with Gasteiger partial charge in [0.05, 0.1) is 24.3 Å². The van der Waals surface area contributed by atoms with Crippen LogP contribution in [0.15, 0.2) is 30.6 Å². The molecule has 0 atom stereocenters. The van der Waals surface area contributed by atoms with Gasteiger partial charge in [-0.2, -0.15) is 13.2 Å². The Morgan fingerprint density at radius 3 is 2.42 bits per heavy atom. The highest BCUT2D eigenvalue weighted by Gasteiger charge is 2.38. The molecule has 1 aromatic heterocycles. The summed E-state index contributed by atoms with van der Waals surface area (Å²) in [5, 5.41) is 9.93. The topological polar surface area (TPSA) is 90.7 Å². The Morgan fingerprint density at radius 2 is 1.79 bits per heavy atom. The van der Waals surface area contributed by atoms with E-state index in [4.69, 9.17) is 9.90 Å². The Balaban J connectivity index is 0.000000383. The third-order valence-corrected chi connectivity index (χ3v) is 5.38. The molecule has 0 unspecified atom stereocenters. The molecule has 0 bridgehead atoms. The number of imidazole rings is 1. The van der Waals surface area contributed by atoms with Gasteiger partial charge in [0.15, 0.2) is 0 Å². The number of nitrogens with zero attached hydrogens (tertiary/aromatic N) is 4. The number of alkyl halides is 3. The first-order valence-electron chi connectivity index (χ1n) is 10.5. The number of urea groups is 1. The van der Waals surface area contributed by atoms with Crippen molar-refractivity contribution in [2.45, 2.75) is 45.1 Å². The van der Waals surface area contributed by atoms with Crippen LogP contribution in [0.1, 0.15) is 30.7 Å². The molecule has 4 rings (SSSR count). The second-order valence-corrected chi connectivity index (χ2v) is 7.83. The van der Waals surface area contributed by atoms with E-state index < -0.39 is 12.1 Å². The molecule has 2 aromatic rings. The van der Waals surface area contributed by atoms with Crippen LogP contribution in [0.2, 0.25) is 0 Å². The molecule has 3 heterocycles. The number of benzene rings is 1. The summed E-state index contributed by atoms with van der Waals surface area (Å²) in [6, 6.07) is 5.79. The van der Waals surface area contributed by atoms with Gasteiger partial charge >= 0.3 is 18.2 Å². The number of fused-ring (bicyclic) bond motifs is 1. The van der Waals surface area contributed by atoms with E-state index >= 15 is 0 Å². The van der Waals surface area contributed by atoms with Crippen LogP contribution in [0, 0.1) is 5.82 Å². The molecule has 2 aliphatic heterocycles. The Labute approximate surface area is 187 Å². The number of likely N-dealkylation sites (tertiary alicyclic amines) is 1. The number of carboxylic acid groups (broad SMARTS) is 1. The van der Waals surface area contributed by atoms with Crippen LogP contribution in [-0.2, 0) is 24.4 Å². The number of halogens is 4. The third-order valence-electron chi connectivity index (χ3n) is 5.38. The van der Waals surface area contributed by atoms with Gasteiger partial charge in [-0.1, -0.05) is 6.07 Å². The number of aliphatic carboxylic acids is 1. The first-order valence-corrected chi connectivity index (χ1v) is 10.5. The van der Waals surface area contributed by atoms with Gasteiger partial charge in [0, 0.05) is 25.3 Å². The highest BCUT2D eigenvalue weighted by atomic mass is 19.4. The monoisotopic (exact) mass is 471 g/mol. The van der Waals surface area contributed by atoms with Crippen molar-refractivity contribution in [2.24, 2.45) is 0 Å². The van der Waals surface area contributed by atoms with Crippen molar-refractivity contribution < 1.29 is 32.3 Å². The highest BCUT2D eigenvalue weighted by Crippen LogP contribution is 2.21. The number of anilines is 1. The van der Waals surface area contributed by atoms with Gasteiger partial charge in [-0.15, -0.1) is 0 Å². The minimum atomic E-state index is -5.08. The van der Waals surface area contributed by atoms with E-state index in [1.54, 1.807) is 17.0 Å². The number of nitrogens with one attached hydrogen (secondary N) is 1. The van der Waals surface area contributed by atoms with Crippen LogP contribution < -0.4 is 5.32 Å². The summed E-state index contributed by atoms with van der Waals surface area (Å²) in [5.41, 5.74) is 2.66. The van der Waals surface area contributed by atoms with E-state index in [1.807, 2.05) is 6.33 Å². The maximum absolute atomic E-state index is 13.3. The van der Waals surface area contributed by atoms with Crippen molar-refractivity contribution in [3.05, 3.63) is 47.8 Å². The minimum absolute atomic E-state index is 0.197. The number of aromatic nitrogens is 2. The Hall–Kier alpha value is -3.15. The summed E-state index contributed by atoms with van der Waals surface area (Å²) in [6.07, 6.45) is 0.189. The Kier molecular flexibility index (Phi) is 7.90. The van der Waals surface area contributed by atoms with Gasteiger partial charge in [-0.3, -0.25) is 4.90 Å². The molecule has 0 aliphatic carbocycles. The van der Waals surface area contributed by atoms with Crippen molar-refractivity contribution in [3.8, 4) is 0 Å². The Bertz CT molecular complexity index is 973. The molecule has 1 fully saturated rings. The molecule has 0 radical (unpaired) electrons. The zero-order valence-corrected chi connectivity index (χ0v) is 17.8. The molecule has 1 aromatic carbocycles. The number of amides is 2. The number of carbonyl (C=O) groups excluding carboxylic acids is 1. The fourth-order valence-electron chi connectivity index (χ4n) is 3.74. The number of aryl methyl sites for hydroxylation is 1.